The standard InChI is InChI=1S/C14H15BrClNO3/c1-20-14(19)9-4-6-17(7-5-9)13(18)10-2-3-12(16)11(15)8-10/h2-3,8-9H,4-7H2,1H3. The molecule has 1 fully saturated rings. The Labute approximate surface area is 131 Å². The lowest BCUT2D eigenvalue weighted by Gasteiger charge is -2.30. The first-order valence-electron chi connectivity index (χ1n) is 6.35. The molecule has 2 rings (SSSR count). The molecule has 0 aliphatic carbocycles. The Morgan fingerprint density at radius 3 is 2.55 bits per heavy atom. The molecule has 20 heavy (non-hydrogen) atoms. The van der Waals surface area contributed by atoms with E-state index in [2.05, 4.69) is 15.9 Å². The Morgan fingerprint density at radius 2 is 2.00 bits per heavy atom. The van der Waals surface area contributed by atoms with Gasteiger partial charge in [-0.25, -0.2) is 0 Å². The monoisotopic (exact) mass is 359 g/mol. The lowest BCUT2D eigenvalue weighted by Crippen LogP contribution is -2.40. The fourth-order valence-electron chi connectivity index (χ4n) is 2.30. The van der Waals surface area contributed by atoms with Crippen molar-refractivity contribution in [1.29, 1.82) is 0 Å². The Kier molecular flexibility index (Phi) is 5.05. The summed E-state index contributed by atoms with van der Waals surface area (Å²) in [6, 6.07) is 5.12. The first kappa shape index (κ1) is 15.3. The summed E-state index contributed by atoms with van der Waals surface area (Å²) in [5, 5.41) is 0.575. The number of carbonyl (C=O) groups is 2. The smallest absolute Gasteiger partial charge is 0.308 e. The second-order valence-electron chi connectivity index (χ2n) is 4.72. The molecule has 1 heterocycles. The summed E-state index contributed by atoms with van der Waals surface area (Å²) < 4.78 is 5.44. The van der Waals surface area contributed by atoms with Gasteiger partial charge in [0.05, 0.1) is 18.1 Å². The van der Waals surface area contributed by atoms with Crippen LogP contribution in [0.2, 0.25) is 5.02 Å². The largest absolute Gasteiger partial charge is 0.469 e. The highest BCUT2D eigenvalue weighted by Gasteiger charge is 2.28. The van der Waals surface area contributed by atoms with Gasteiger partial charge in [-0.15, -0.1) is 0 Å². The number of nitrogens with zero attached hydrogens (tertiary/aromatic N) is 1. The van der Waals surface area contributed by atoms with Gasteiger partial charge in [-0.1, -0.05) is 11.6 Å². The third-order valence-corrected chi connectivity index (χ3v) is 4.70. The molecule has 0 bridgehead atoms. The third-order valence-electron chi connectivity index (χ3n) is 3.48. The zero-order chi connectivity index (χ0) is 14.7. The first-order chi connectivity index (χ1) is 9.52. The second-order valence-corrected chi connectivity index (χ2v) is 5.98. The van der Waals surface area contributed by atoms with Gasteiger partial charge in [-0.2, -0.15) is 0 Å². The number of benzene rings is 1. The van der Waals surface area contributed by atoms with E-state index in [1.54, 1.807) is 23.1 Å². The molecule has 1 aromatic carbocycles. The van der Waals surface area contributed by atoms with E-state index in [9.17, 15) is 9.59 Å². The van der Waals surface area contributed by atoms with Crippen LogP contribution in [0.25, 0.3) is 0 Å². The van der Waals surface area contributed by atoms with Crippen LogP contribution < -0.4 is 0 Å². The van der Waals surface area contributed by atoms with Crippen molar-refractivity contribution >= 4 is 39.4 Å². The van der Waals surface area contributed by atoms with Crippen molar-refractivity contribution in [3.05, 3.63) is 33.3 Å². The second kappa shape index (κ2) is 6.59. The van der Waals surface area contributed by atoms with Gasteiger partial charge in [0.1, 0.15) is 0 Å². The zero-order valence-corrected chi connectivity index (χ0v) is 13.4. The number of rotatable bonds is 2. The fraction of sp³-hybridized carbons (Fsp3) is 0.429. The van der Waals surface area contributed by atoms with Crippen molar-refractivity contribution in [2.45, 2.75) is 12.8 Å². The predicted molar refractivity (Wildman–Crippen MR) is 79.8 cm³/mol. The van der Waals surface area contributed by atoms with Gasteiger partial charge >= 0.3 is 5.97 Å². The van der Waals surface area contributed by atoms with E-state index in [0.29, 0.717) is 41.0 Å². The van der Waals surface area contributed by atoms with Crippen LogP contribution in [0.4, 0.5) is 0 Å². The van der Waals surface area contributed by atoms with Crippen molar-refractivity contribution in [2.75, 3.05) is 20.2 Å². The maximum Gasteiger partial charge on any atom is 0.308 e. The lowest BCUT2D eigenvalue weighted by atomic mass is 9.96. The van der Waals surface area contributed by atoms with Crippen LogP contribution in [-0.2, 0) is 9.53 Å². The van der Waals surface area contributed by atoms with Crippen molar-refractivity contribution < 1.29 is 14.3 Å². The average molecular weight is 361 g/mol. The summed E-state index contributed by atoms with van der Waals surface area (Å²) >= 11 is 9.23. The van der Waals surface area contributed by atoms with Gasteiger partial charge in [-0.05, 0) is 47.0 Å². The first-order valence-corrected chi connectivity index (χ1v) is 7.52. The van der Waals surface area contributed by atoms with Crippen molar-refractivity contribution in [1.82, 2.24) is 4.90 Å². The van der Waals surface area contributed by atoms with Crippen molar-refractivity contribution in [3.8, 4) is 0 Å². The van der Waals surface area contributed by atoms with E-state index in [1.165, 1.54) is 7.11 Å². The number of amides is 1. The third kappa shape index (κ3) is 3.33. The number of carbonyl (C=O) groups excluding carboxylic acids is 2. The molecule has 0 saturated carbocycles. The van der Waals surface area contributed by atoms with Crippen LogP contribution in [0.3, 0.4) is 0 Å². The normalized spacial score (nSPS) is 16.1. The van der Waals surface area contributed by atoms with Gasteiger partial charge < -0.3 is 9.64 Å². The minimum absolute atomic E-state index is 0.0364. The molecule has 0 spiro atoms. The predicted octanol–water partition coefficient (Wildman–Crippen LogP) is 3.13. The highest BCUT2D eigenvalue weighted by Crippen LogP contribution is 2.25. The molecule has 1 amide bonds. The summed E-state index contributed by atoms with van der Waals surface area (Å²) in [7, 11) is 1.39. The summed E-state index contributed by atoms with van der Waals surface area (Å²) in [4.78, 5) is 25.6. The molecule has 0 atom stereocenters. The molecular weight excluding hydrogens is 346 g/mol. The Hall–Kier alpha value is -1.07. The fourth-order valence-corrected chi connectivity index (χ4v) is 2.79. The zero-order valence-electron chi connectivity index (χ0n) is 11.1. The van der Waals surface area contributed by atoms with E-state index in [1.807, 2.05) is 0 Å². The van der Waals surface area contributed by atoms with E-state index in [0.717, 1.165) is 0 Å². The van der Waals surface area contributed by atoms with Crippen LogP contribution in [0.1, 0.15) is 23.2 Å². The lowest BCUT2D eigenvalue weighted by molar-refractivity contribution is -0.146. The number of hydrogen-bond acceptors (Lipinski definition) is 3. The number of likely N-dealkylation sites (tertiary alicyclic amines) is 1. The molecule has 1 saturated heterocycles. The summed E-state index contributed by atoms with van der Waals surface area (Å²) in [6.45, 7) is 1.14. The molecule has 0 unspecified atom stereocenters. The van der Waals surface area contributed by atoms with E-state index >= 15 is 0 Å². The van der Waals surface area contributed by atoms with E-state index in [4.69, 9.17) is 16.3 Å². The highest BCUT2D eigenvalue weighted by atomic mass is 79.9. The number of ether oxygens (including phenoxy) is 1. The molecule has 1 aliphatic rings. The molecule has 6 heteroatoms. The molecular formula is C14H15BrClNO3. The number of esters is 1. The number of halogens is 2. The molecule has 4 nitrogen and oxygen atoms in total. The van der Waals surface area contributed by atoms with Gasteiger partial charge in [0.15, 0.2) is 0 Å². The Bertz CT molecular complexity index is 527. The quantitative estimate of drug-likeness (QED) is 0.761. The summed E-state index contributed by atoms with van der Waals surface area (Å²) in [5.41, 5.74) is 0.595. The van der Waals surface area contributed by atoms with Crippen LogP contribution in [-0.4, -0.2) is 37.0 Å². The number of methoxy groups -OCH3 is 1. The van der Waals surface area contributed by atoms with Gasteiger partial charge in [-0.3, -0.25) is 9.59 Å². The molecule has 1 aliphatic heterocycles. The van der Waals surface area contributed by atoms with Gasteiger partial charge in [0.2, 0.25) is 0 Å². The van der Waals surface area contributed by atoms with Crippen LogP contribution >= 0.6 is 27.5 Å². The van der Waals surface area contributed by atoms with Crippen LogP contribution in [0.15, 0.2) is 22.7 Å². The molecule has 108 valence electrons. The van der Waals surface area contributed by atoms with E-state index < -0.39 is 0 Å². The van der Waals surface area contributed by atoms with Gasteiger partial charge in [0, 0.05) is 23.1 Å². The Balaban J connectivity index is 2.01. The van der Waals surface area contributed by atoms with Crippen molar-refractivity contribution in [3.63, 3.8) is 0 Å². The van der Waals surface area contributed by atoms with Crippen LogP contribution in [0, 0.1) is 5.92 Å². The maximum atomic E-state index is 12.4. The Morgan fingerprint density at radius 1 is 1.35 bits per heavy atom. The minimum atomic E-state index is -0.189. The topological polar surface area (TPSA) is 46.6 Å². The van der Waals surface area contributed by atoms with E-state index in [-0.39, 0.29) is 17.8 Å². The minimum Gasteiger partial charge on any atom is -0.469 e. The highest BCUT2D eigenvalue weighted by molar-refractivity contribution is 9.10. The summed E-state index contributed by atoms with van der Waals surface area (Å²) in [6.07, 6.45) is 1.29. The molecule has 1 aromatic rings. The number of piperidine rings is 1. The molecule has 0 N–H and O–H groups in total. The van der Waals surface area contributed by atoms with Crippen molar-refractivity contribution in [2.24, 2.45) is 5.92 Å². The number of hydrogen-bond donors (Lipinski definition) is 0. The average Bonchev–Trinajstić information content (AvgIpc) is 2.48. The molecule has 0 aromatic heterocycles. The van der Waals surface area contributed by atoms with Crippen LogP contribution in [0.5, 0.6) is 0 Å². The maximum absolute atomic E-state index is 12.4. The summed E-state index contributed by atoms with van der Waals surface area (Å²) in [5.74, 6) is -0.321. The molecule has 0 radical (unpaired) electrons. The SMILES string of the molecule is COC(=O)C1CCN(C(=O)c2ccc(Cl)c(Br)c2)CC1. The van der Waals surface area contributed by atoms with Gasteiger partial charge in [0.25, 0.3) is 5.91 Å².